The van der Waals surface area contributed by atoms with Crippen LogP contribution in [0.25, 0.3) is 0 Å². The van der Waals surface area contributed by atoms with E-state index in [1.807, 2.05) is 83.7 Å². The van der Waals surface area contributed by atoms with Crippen molar-refractivity contribution in [3.05, 3.63) is 35.9 Å². The molecule has 1 aliphatic rings. The highest BCUT2D eigenvalue weighted by Gasteiger charge is 2.42. The highest BCUT2D eigenvalue weighted by atomic mass is 16.4. The molecule has 1 aliphatic heterocycles. The van der Waals surface area contributed by atoms with Gasteiger partial charge < -0.3 is 20.6 Å². The fourth-order valence-corrected chi connectivity index (χ4v) is 5.44. The van der Waals surface area contributed by atoms with Crippen molar-refractivity contribution in [3.63, 3.8) is 0 Å². The molecule has 0 saturated carbocycles. The van der Waals surface area contributed by atoms with Gasteiger partial charge in [-0.25, -0.2) is 0 Å². The van der Waals surface area contributed by atoms with Crippen molar-refractivity contribution >= 4 is 17.8 Å². The Morgan fingerprint density at radius 3 is 2.16 bits per heavy atom. The number of carboxylic acids is 1. The van der Waals surface area contributed by atoms with Crippen LogP contribution < -0.4 is 10.6 Å². The molecule has 208 valence electrons. The van der Waals surface area contributed by atoms with Crippen molar-refractivity contribution in [2.24, 2.45) is 11.3 Å². The molecule has 1 heterocycles. The van der Waals surface area contributed by atoms with Crippen LogP contribution in [0.4, 0.5) is 0 Å². The fourth-order valence-electron chi connectivity index (χ4n) is 5.44. The number of hydrogen-bond acceptors (Lipinski definition) is 5. The van der Waals surface area contributed by atoms with E-state index in [9.17, 15) is 19.5 Å². The van der Waals surface area contributed by atoms with Crippen LogP contribution in [0.15, 0.2) is 30.3 Å². The first-order valence-electron chi connectivity index (χ1n) is 13.4. The molecule has 1 saturated heterocycles. The van der Waals surface area contributed by atoms with E-state index >= 15 is 0 Å². The number of nitrogens with one attached hydrogen (secondary N) is 2. The first-order valence-corrected chi connectivity index (χ1v) is 13.4. The van der Waals surface area contributed by atoms with Gasteiger partial charge in [0.1, 0.15) is 12.1 Å². The molecule has 8 heteroatoms. The summed E-state index contributed by atoms with van der Waals surface area (Å²) in [5.41, 5.74) is -0.0205. The van der Waals surface area contributed by atoms with Gasteiger partial charge in [-0.2, -0.15) is 0 Å². The first kappa shape index (κ1) is 30.8. The molecule has 0 aliphatic carbocycles. The number of amides is 2. The average Bonchev–Trinajstić information content (AvgIpc) is 3.29. The molecule has 2 rings (SSSR count). The summed E-state index contributed by atoms with van der Waals surface area (Å²) in [7, 11) is 3.53. The van der Waals surface area contributed by atoms with Gasteiger partial charge in [0, 0.05) is 25.0 Å². The molecule has 1 unspecified atom stereocenters. The summed E-state index contributed by atoms with van der Waals surface area (Å²) in [6, 6.07) is 7.88. The molecule has 37 heavy (non-hydrogen) atoms. The summed E-state index contributed by atoms with van der Waals surface area (Å²) in [4.78, 5) is 43.0. The van der Waals surface area contributed by atoms with Crippen LogP contribution in [-0.4, -0.2) is 84.0 Å². The van der Waals surface area contributed by atoms with E-state index < -0.39 is 34.9 Å². The normalized spacial score (nSPS) is 19.4. The molecular weight excluding hydrogens is 468 g/mol. The Bertz CT molecular complexity index is 926. The van der Waals surface area contributed by atoms with Crippen LogP contribution in [0, 0.1) is 11.3 Å². The number of aliphatic carboxylic acids is 1. The van der Waals surface area contributed by atoms with Crippen LogP contribution in [0.2, 0.25) is 0 Å². The Balaban J connectivity index is 2.28. The molecular formula is C29H48N4O4. The van der Waals surface area contributed by atoms with E-state index in [1.165, 1.54) is 0 Å². The van der Waals surface area contributed by atoms with E-state index in [0.717, 1.165) is 12.0 Å². The van der Waals surface area contributed by atoms with Gasteiger partial charge in [0.15, 0.2) is 0 Å². The minimum atomic E-state index is -0.812. The van der Waals surface area contributed by atoms with Gasteiger partial charge in [0.05, 0.1) is 6.04 Å². The van der Waals surface area contributed by atoms with Crippen LogP contribution in [-0.2, 0) is 19.8 Å². The number of benzene rings is 1. The van der Waals surface area contributed by atoms with Crippen molar-refractivity contribution in [2.45, 2.75) is 90.9 Å². The van der Waals surface area contributed by atoms with E-state index in [2.05, 4.69) is 10.6 Å². The second kappa shape index (κ2) is 12.4. The minimum absolute atomic E-state index is 0.113. The quantitative estimate of drug-likeness (QED) is 0.418. The third-order valence-electron chi connectivity index (χ3n) is 7.87. The molecule has 2 amide bonds. The summed E-state index contributed by atoms with van der Waals surface area (Å²) >= 11 is 0. The molecule has 0 radical (unpaired) electrons. The highest BCUT2D eigenvalue weighted by molar-refractivity contribution is 5.91. The van der Waals surface area contributed by atoms with Gasteiger partial charge in [-0.15, -0.1) is 0 Å². The monoisotopic (exact) mass is 516 g/mol. The lowest BCUT2D eigenvalue weighted by Gasteiger charge is -2.41. The van der Waals surface area contributed by atoms with Crippen LogP contribution in [0.1, 0.15) is 66.9 Å². The second-order valence-corrected chi connectivity index (χ2v) is 12.4. The topological polar surface area (TPSA) is 102 Å². The van der Waals surface area contributed by atoms with E-state index in [-0.39, 0.29) is 23.8 Å². The third kappa shape index (κ3) is 7.32. The lowest BCUT2D eigenvalue weighted by atomic mass is 9.76. The maximum absolute atomic E-state index is 13.9. The predicted molar refractivity (Wildman–Crippen MR) is 147 cm³/mol. The van der Waals surface area contributed by atoms with Crippen molar-refractivity contribution < 1.29 is 19.5 Å². The number of carbonyl (C=O) groups excluding carboxylic acids is 2. The van der Waals surface area contributed by atoms with Gasteiger partial charge in [-0.1, -0.05) is 78.8 Å². The van der Waals surface area contributed by atoms with Gasteiger partial charge in [0.25, 0.3) is 0 Å². The van der Waals surface area contributed by atoms with E-state index in [4.69, 9.17) is 0 Å². The molecule has 1 aromatic rings. The van der Waals surface area contributed by atoms with Gasteiger partial charge in [0.2, 0.25) is 11.8 Å². The Morgan fingerprint density at radius 1 is 1.08 bits per heavy atom. The SMILES string of the molecule is CNC(C(=O)N[C@H](C(=O)N(C)[C@H](CN1CCC[C@H]1C(=O)O)C(C)C)C(C)(C)C)C(C)(C)c1ccccc1. The Hall–Kier alpha value is -2.45. The molecule has 8 nitrogen and oxygen atoms in total. The Labute approximate surface area is 223 Å². The van der Waals surface area contributed by atoms with Crippen molar-refractivity contribution in [1.29, 1.82) is 0 Å². The van der Waals surface area contributed by atoms with Crippen LogP contribution in [0.3, 0.4) is 0 Å². The van der Waals surface area contributed by atoms with E-state index in [1.54, 1.807) is 19.0 Å². The second-order valence-electron chi connectivity index (χ2n) is 12.4. The van der Waals surface area contributed by atoms with Crippen molar-refractivity contribution in [2.75, 3.05) is 27.2 Å². The number of carboxylic acid groups (broad SMARTS) is 1. The zero-order valence-electron chi connectivity index (χ0n) is 24.2. The standard InChI is InChI=1S/C29H48N4O4/c1-19(2)22(18-33-17-13-16-21(33)27(36)37)32(9)26(35)24(28(3,4)5)31-25(34)23(30-8)29(6,7)20-14-11-10-12-15-20/h10-12,14-15,19,21-24,30H,13,16-18H2,1-9H3,(H,31,34)(H,36,37)/t21-,22+,23?,24+/m0/s1. The number of rotatable bonds is 11. The lowest BCUT2D eigenvalue weighted by molar-refractivity contribution is -0.144. The third-order valence-corrected chi connectivity index (χ3v) is 7.87. The zero-order valence-corrected chi connectivity index (χ0v) is 24.2. The lowest BCUT2D eigenvalue weighted by Crippen LogP contribution is -2.62. The Kier molecular flexibility index (Phi) is 10.3. The molecule has 1 aromatic carbocycles. The number of likely N-dealkylation sites (N-methyl/N-ethyl adjacent to an activating group) is 2. The number of carbonyl (C=O) groups is 3. The van der Waals surface area contributed by atoms with Gasteiger partial charge >= 0.3 is 5.97 Å². The summed E-state index contributed by atoms with van der Waals surface area (Å²) < 4.78 is 0. The fraction of sp³-hybridized carbons (Fsp3) is 0.690. The summed E-state index contributed by atoms with van der Waals surface area (Å²) in [6.07, 6.45) is 1.46. The number of hydrogen-bond donors (Lipinski definition) is 3. The molecule has 0 bridgehead atoms. The average molecular weight is 517 g/mol. The zero-order chi connectivity index (χ0) is 28.1. The predicted octanol–water partition coefficient (Wildman–Crippen LogP) is 3.12. The summed E-state index contributed by atoms with van der Waals surface area (Å²) in [5.74, 6) is -1.10. The smallest absolute Gasteiger partial charge is 0.320 e. The van der Waals surface area contributed by atoms with Crippen molar-refractivity contribution in [1.82, 2.24) is 20.4 Å². The molecule has 4 atom stereocenters. The van der Waals surface area contributed by atoms with Crippen LogP contribution in [0.5, 0.6) is 0 Å². The molecule has 0 spiro atoms. The Morgan fingerprint density at radius 2 is 1.68 bits per heavy atom. The number of nitrogens with zero attached hydrogens (tertiary/aromatic N) is 2. The molecule has 0 aromatic heterocycles. The minimum Gasteiger partial charge on any atom is -0.480 e. The van der Waals surface area contributed by atoms with E-state index in [0.29, 0.717) is 19.5 Å². The number of likely N-dealkylation sites (tertiary alicyclic amines) is 1. The van der Waals surface area contributed by atoms with Gasteiger partial charge in [-0.3, -0.25) is 19.3 Å². The van der Waals surface area contributed by atoms with Crippen molar-refractivity contribution in [3.8, 4) is 0 Å². The van der Waals surface area contributed by atoms with Gasteiger partial charge in [-0.05, 0) is 43.3 Å². The molecule has 3 N–H and O–H groups in total. The molecule has 1 fully saturated rings. The highest BCUT2D eigenvalue weighted by Crippen LogP contribution is 2.29. The maximum Gasteiger partial charge on any atom is 0.320 e. The largest absolute Gasteiger partial charge is 0.480 e. The van der Waals surface area contributed by atoms with Crippen LogP contribution >= 0.6 is 0 Å². The first-order chi connectivity index (χ1) is 17.1. The maximum atomic E-state index is 13.9. The summed E-state index contributed by atoms with van der Waals surface area (Å²) in [6.45, 7) is 15.2. The summed E-state index contributed by atoms with van der Waals surface area (Å²) in [5, 5.41) is 15.9.